The van der Waals surface area contributed by atoms with E-state index < -0.39 is 0 Å². The number of benzene rings is 2. The number of hydrogen-bond acceptors (Lipinski definition) is 3. The van der Waals surface area contributed by atoms with E-state index in [1.807, 2.05) is 19.1 Å². The lowest BCUT2D eigenvalue weighted by Crippen LogP contribution is -2.14. The van der Waals surface area contributed by atoms with Crippen molar-refractivity contribution in [3.8, 4) is 0 Å². The van der Waals surface area contributed by atoms with Gasteiger partial charge >= 0.3 is 0 Å². The van der Waals surface area contributed by atoms with Crippen molar-refractivity contribution in [2.24, 2.45) is 0 Å². The van der Waals surface area contributed by atoms with Crippen molar-refractivity contribution in [1.82, 2.24) is 4.98 Å². The van der Waals surface area contributed by atoms with Crippen LogP contribution in [0.5, 0.6) is 0 Å². The van der Waals surface area contributed by atoms with Crippen LogP contribution in [-0.4, -0.2) is 16.8 Å². The number of hydrogen-bond donors (Lipinski definition) is 2. The zero-order valence-electron chi connectivity index (χ0n) is 13.7. The molecule has 0 atom stereocenters. The van der Waals surface area contributed by atoms with Crippen LogP contribution >= 0.6 is 0 Å². The van der Waals surface area contributed by atoms with Crippen LogP contribution in [0.3, 0.4) is 0 Å². The fraction of sp³-hybridized carbons (Fsp3) is 0.0500. The molecule has 0 saturated carbocycles. The molecular formula is C20H17N3O2. The first kappa shape index (κ1) is 16.4. The number of aromatic nitrogens is 1. The molecule has 3 rings (SSSR count). The van der Waals surface area contributed by atoms with E-state index in [2.05, 4.69) is 15.6 Å². The molecule has 0 fully saturated rings. The maximum absolute atomic E-state index is 12.3. The first-order chi connectivity index (χ1) is 12.1. The molecule has 0 unspecified atom stereocenters. The van der Waals surface area contributed by atoms with E-state index in [-0.39, 0.29) is 11.8 Å². The Morgan fingerprint density at radius 1 is 0.760 bits per heavy atom. The molecule has 25 heavy (non-hydrogen) atoms. The summed E-state index contributed by atoms with van der Waals surface area (Å²) >= 11 is 0. The Morgan fingerprint density at radius 3 is 1.84 bits per heavy atom. The lowest BCUT2D eigenvalue weighted by atomic mass is 10.1. The first-order valence-electron chi connectivity index (χ1n) is 7.81. The monoisotopic (exact) mass is 331 g/mol. The Labute approximate surface area is 145 Å². The van der Waals surface area contributed by atoms with Gasteiger partial charge in [-0.15, -0.1) is 0 Å². The summed E-state index contributed by atoms with van der Waals surface area (Å²) in [7, 11) is 0. The molecule has 0 saturated heterocycles. The van der Waals surface area contributed by atoms with Gasteiger partial charge in [0.25, 0.3) is 11.8 Å². The molecule has 3 aromatic rings. The van der Waals surface area contributed by atoms with E-state index in [0.29, 0.717) is 22.5 Å². The van der Waals surface area contributed by atoms with Gasteiger partial charge in [-0.2, -0.15) is 0 Å². The van der Waals surface area contributed by atoms with Gasteiger partial charge < -0.3 is 10.6 Å². The largest absolute Gasteiger partial charge is 0.322 e. The number of carbonyl (C=O) groups is 2. The third-order valence-corrected chi connectivity index (χ3v) is 3.63. The highest BCUT2D eigenvalue weighted by Crippen LogP contribution is 2.17. The van der Waals surface area contributed by atoms with Gasteiger partial charge in [-0.3, -0.25) is 14.6 Å². The molecule has 0 aliphatic carbocycles. The molecule has 1 heterocycles. The Morgan fingerprint density at radius 2 is 1.28 bits per heavy atom. The zero-order chi connectivity index (χ0) is 17.6. The van der Waals surface area contributed by atoms with Crippen molar-refractivity contribution in [1.29, 1.82) is 0 Å². The molecule has 2 N–H and O–H groups in total. The van der Waals surface area contributed by atoms with Gasteiger partial charge in [0.15, 0.2) is 0 Å². The van der Waals surface area contributed by atoms with Gasteiger partial charge in [-0.1, -0.05) is 23.8 Å². The van der Waals surface area contributed by atoms with Gasteiger partial charge in [0, 0.05) is 34.9 Å². The minimum absolute atomic E-state index is 0.197. The number of aryl methyl sites for hydroxylation is 1. The summed E-state index contributed by atoms with van der Waals surface area (Å²) in [6.07, 6.45) is 3.13. The second kappa shape index (κ2) is 7.40. The predicted molar refractivity (Wildman–Crippen MR) is 97.8 cm³/mol. The highest BCUT2D eigenvalue weighted by Gasteiger charge is 2.08. The maximum Gasteiger partial charge on any atom is 0.255 e. The number of carbonyl (C=O) groups excluding carboxylic acids is 2. The fourth-order valence-electron chi connectivity index (χ4n) is 2.29. The smallest absolute Gasteiger partial charge is 0.255 e. The minimum atomic E-state index is -0.232. The summed E-state index contributed by atoms with van der Waals surface area (Å²) in [5.74, 6) is -0.429. The van der Waals surface area contributed by atoms with Gasteiger partial charge in [0.2, 0.25) is 0 Å². The predicted octanol–water partition coefficient (Wildman–Crippen LogP) is 3.89. The molecule has 1 aromatic heterocycles. The molecule has 0 aliphatic heterocycles. The number of nitrogens with zero attached hydrogens (tertiary/aromatic N) is 1. The molecule has 0 radical (unpaired) electrons. The Balaban J connectivity index is 1.70. The molecule has 124 valence electrons. The summed E-state index contributed by atoms with van der Waals surface area (Å²) in [5.41, 5.74) is 3.40. The summed E-state index contributed by atoms with van der Waals surface area (Å²) in [5, 5.41) is 5.63. The molecule has 5 nitrogen and oxygen atoms in total. The molecule has 2 amide bonds. The minimum Gasteiger partial charge on any atom is -0.322 e. The molecule has 5 heteroatoms. The van der Waals surface area contributed by atoms with Crippen molar-refractivity contribution < 1.29 is 9.59 Å². The number of amides is 2. The summed E-state index contributed by atoms with van der Waals surface area (Å²) < 4.78 is 0. The van der Waals surface area contributed by atoms with Crippen molar-refractivity contribution in [3.05, 3.63) is 89.7 Å². The van der Waals surface area contributed by atoms with E-state index in [4.69, 9.17) is 0 Å². The second-order valence-corrected chi connectivity index (χ2v) is 5.59. The van der Waals surface area contributed by atoms with Crippen LogP contribution in [0.4, 0.5) is 11.4 Å². The van der Waals surface area contributed by atoms with Crippen LogP contribution in [0.15, 0.2) is 73.1 Å². The van der Waals surface area contributed by atoms with Crippen molar-refractivity contribution in [2.45, 2.75) is 6.92 Å². The standard InChI is InChI=1S/C20H17N3O2/c1-14-5-7-15(8-6-14)19(24)22-17-3-2-4-18(13-17)23-20(25)16-9-11-21-12-10-16/h2-13H,1H3,(H,22,24)(H,23,25). The van der Waals surface area contributed by atoms with Crippen molar-refractivity contribution in [3.63, 3.8) is 0 Å². The highest BCUT2D eigenvalue weighted by atomic mass is 16.2. The van der Waals surface area contributed by atoms with Gasteiger partial charge in [-0.25, -0.2) is 0 Å². The van der Waals surface area contributed by atoms with Crippen molar-refractivity contribution >= 4 is 23.2 Å². The van der Waals surface area contributed by atoms with E-state index in [1.165, 1.54) is 0 Å². The van der Waals surface area contributed by atoms with Crippen LogP contribution in [0, 0.1) is 6.92 Å². The van der Waals surface area contributed by atoms with E-state index in [0.717, 1.165) is 5.56 Å². The average Bonchev–Trinajstić information content (AvgIpc) is 2.63. The fourth-order valence-corrected chi connectivity index (χ4v) is 2.29. The number of rotatable bonds is 4. The van der Waals surface area contributed by atoms with Crippen LogP contribution in [0.25, 0.3) is 0 Å². The summed E-state index contributed by atoms with van der Waals surface area (Å²) in [6, 6.07) is 17.6. The Kier molecular flexibility index (Phi) is 4.85. The lowest BCUT2D eigenvalue weighted by Gasteiger charge is -2.09. The number of nitrogens with one attached hydrogen (secondary N) is 2. The highest BCUT2D eigenvalue weighted by molar-refractivity contribution is 6.06. The molecular weight excluding hydrogens is 314 g/mol. The Bertz CT molecular complexity index is 890. The quantitative estimate of drug-likeness (QED) is 0.762. The molecule has 0 bridgehead atoms. The lowest BCUT2D eigenvalue weighted by molar-refractivity contribution is 0.101. The van der Waals surface area contributed by atoms with Crippen LogP contribution in [0.1, 0.15) is 26.3 Å². The Hall–Kier alpha value is -3.47. The summed E-state index contributed by atoms with van der Waals surface area (Å²) in [4.78, 5) is 28.3. The van der Waals surface area contributed by atoms with Crippen LogP contribution in [-0.2, 0) is 0 Å². The maximum atomic E-state index is 12.3. The van der Waals surface area contributed by atoms with E-state index in [9.17, 15) is 9.59 Å². The van der Waals surface area contributed by atoms with Gasteiger partial charge in [0.05, 0.1) is 0 Å². The van der Waals surface area contributed by atoms with Crippen molar-refractivity contribution in [2.75, 3.05) is 10.6 Å². The van der Waals surface area contributed by atoms with Gasteiger partial charge in [0.1, 0.15) is 0 Å². The number of anilines is 2. The first-order valence-corrected chi connectivity index (χ1v) is 7.81. The molecule has 2 aromatic carbocycles. The average molecular weight is 331 g/mol. The van der Waals surface area contributed by atoms with Crippen LogP contribution < -0.4 is 10.6 Å². The van der Waals surface area contributed by atoms with Crippen LogP contribution in [0.2, 0.25) is 0 Å². The normalized spacial score (nSPS) is 10.1. The van der Waals surface area contributed by atoms with Gasteiger partial charge in [-0.05, 0) is 49.4 Å². The SMILES string of the molecule is Cc1ccc(C(=O)Nc2cccc(NC(=O)c3ccncc3)c2)cc1. The molecule has 0 spiro atoms. The van der Waals surface area contributed by atoms with E-state index in [1.54, 1.807) is 60.9 Å². The molecule has 0 aliphatic rings. The number of pyridine rings is 1. The summed E-state index contributed by atoms with van der Waals surface area (Å²) in [6.45, 7) is 1.97. The second-order valence-electron chi connectivity index (χ2n) is 5.59. The third-order valence-electron chi connectivity index (χ3n) is 3.63. The van der Waals surface area contributed by atoms with E-state index >= 15 is 0 Å². The topological polar surface area (TPSA) is 71.1 Å². The zero-order valence-corrected chi connectivity index (χ0v) is 13.7. The third kappa shape index (κ3) is 4.29.